The van der Waals surface area contributed by atoms with Crippen molar-refractivity contribution in [3.05, 3.63) is 29.6 Å². The van der Waals surface area contributed by atoms with Gasteiger partial charge >= 0.3 is 6.61 Å². The van der Waals surface area contributed by atoms with Gasteiger partial charge in [0.15, 0.2) is 11.5 Å². The van der Waals surface area contributed by atoms with Gasteiger partial charge < -0.3 is 9.47 Å². The second-order valence-corrected chi connectivity index (χ2v) is 4.96. The van der Waals surface area contributed by atoms with Crippen molar-refractivity contribution in [1.82, 2.24) is 14.9 Å². The largest absolute Gasteiger partial charge is 0.493 e. The van der Waals surface area contributed by atoms with Gasteiger partial charge in [-0.15, -0.1) is 10.2 Å². The normalized spacial score (nSPS) is 11.7. The van der Waals surface area contributed by atoms with Crippen LogP contribution in [0.25, 0.3) is 0 Å². The molecule has 0 saturated carbocycles. The Morgan fingerprint density at radius 2 is 1.96 bits per heavy atom. The Labute approximate surface area is 138 Å². The minimum atomic E-state index is -2.99. The van der Waals surface area contributed by atoms with Gasteiger partial charge in [-0.25, -0.2) is 8.78 Å². The van der Waals surface area contributed by atoms with Gasteiger partial charge in [0, 0.05) is 0 Å². The summed E-state index contributed by atoms with van der Waals surface area (Å²) in [7, 11) is 1.29. The van der Waals surface area contributed by atoms with Gasteiger partial charge in [0.2, 0.25) is 11.0 Å². The zero-order chi connectivity index (χ0) is 17.7. The fourth-order valence-electron chi connectivity index (χ4n) is 1.73. The minimum Gasteiger partial charge on any atom is -0.493 e. The van der Waals surface area contributed by atoms with Crippen molar-refractivity contribution in [3.63, 3.8) is 0 Å². The molecule has 0 aliphatic rings. The molecule has 1 aromatic carbocycles. The van der Waals surface area contributed by atoms with Crippen molar-refractivity contribution in [2.45, 2.75) is 18.2 Å². The zero-order valence-electron chi connectivity index (χ0n) is 12.5. The molecule has 11 heteroatoms. The number of thioether (sulfide) groups is 1. The molecule has 0 aliphatic heterocycles. The fourth-order valence-corrected chi connectivity index (χ4v) is 2.17. The first-order valence-corrected chi connectivity index (χ1v) is 7.63. The van der Waals surface area contributed by atoms with Gasteiger partial charge in [-0.05, 0) is 30.0 Å². The van der Waals surface area contributed by atoms with Crippen LogP contribution in [0.4, 0.5) is 17.6 Å². The number of hydrogen-bond acceptors (Lipinski definition) is 6. The molecule has 1 aromatic heterocycles. The van der Waals surface area contributed by atoms with E-state index >= 15 is 0 Å². The molecule has 2 aromatic rings. The standard InChI is InChI=1S/C13H12F4N4O2S/c1-22-9-5-7(3-4-8(9)23-12(16)17)6-18-21-11(10(14)15)19-20-13(21)24-2/h3-6,10,12H,1-2H3/b18-6+. The van der Waals surface area contributed by atoms with E-state index in [9.17, 15) is 17.6 Å². The van der Waals surface area contributed by atoms with E-state index in [4.69, 9.17) is 4.74 Å². The second kappa shape index (κ2) is 7.99. The van der Waals surface area contributed by atoms with Crippen molar-refractivity contribution < 1.29 is 27.0 Å². The van der Waals surface area contributed by atoms with E-state index in [0.717, 1.165) is 16.4 Å². The van der Waals surface area contributed by atoms with Crippen molar-refractivity contribution in [3.8, 4) is 11.5 Å². The van der Waals surface area contributed by atoms with E-state index in [-0.39, 0.29) is 16.7 Å². The molecule has 2 rings (SSSR count). The number of rotatable bonds is 7. The Hall–Kier alpha value is -2.30. The Morgan fingerprint density at radius 3 is 2.54 bits per heavy atom. The number of hydrogen-bond donors (Lipinski definition) is 0. The molecule has 0 aliphatic carbocycles. The molecule has 0 atom stereocenters. The molecule has 1 heterocycles. The van der Waals surface area contributed by atoms with Crippen LogP contribution in [0.15, 0.2) is 28.5 Å². The quantitative estimate of drug-likeness (QED) is 0.428. The number of aromatic nitrogens is 3. The van der Waals surface area contributed by atoms with Crippen LogP contribution in [0.1, 0.15) is 17.8 Å². The highest BCUT2D eigenvalue weighted by Crippen LogP contribution is 2.29. The van der Waals surface area contributed by atoms with E-state index in [1.165, 1.54) is 31.5 Å². The highest BCUT2D eigenvalue weighted by atomic mass is 32.2. The van der Waals surface area contributed by atoms with Gasteiger partial charge in [0.05, 0.1) is 13.3 Å². The lowest BCUT2D eigenvalue weighted by Crippen LogP contribution is -2.04. The van der Waals surface area contributed by atoms with Crippen LogP contribution >= 0.6 is 11.8 Å². The molecule has 0 unspecified atom stereocenters. The summed E-state index contributed by atoms with van der Waals surface area (Å²) in [5.41, 5.74) is 0.425. The van der Waals surface area contributed by atoms with Crippen molar-refractivity contribution in [1.29, 1.82) is 0 Å². The summed E-state index contributed by atoms with van der Waals surface area (Å²) in [6.45, 7) is -2.99. The van der Waals surface area contributed by atoms with E-state index in [0.29, 0.717) is 5.56 Å². The third-order valence-corrected chi connectivity index (χ3v) is 3.36. The van der Waals surface area contributed by atoms with Crippen LogP contribution < -0.4 is 9.47 Å². The molecule has 0 amide bonds. The van der Waals surface area contributed by atoms with Gasteiger partial charge in [0.1, 0.15) is 0 Å². The van der Waals surface area contributed by atoms with Gasteiger partial charge in [-0.2, -0.15) is 18.6 Å². The lowest BCUT2D eigenvalue weighted by atomic mass is 10.2. The van der Waals surface area contributed by atoms with Gasteiger partial charge in [0.25, 0.3) is 6.43 Å². The summed E-state index contributed by atoms with van der Waals surface area (Å²) in [5.74, 6) is -0.686. The van der Waals surface area contributed by atoms with Gasteiger partial charge in [-0.3, -0.25) is 0 Å². The lowest BCUT2D eigenvalue weighted by Gasteiger charge is -2.10. The molecule has 0 radical (unpaired) electrons. The Bertz CT molecular complexity index is 724. The highest BCUT2D eigenvalue weighted by Gasteiger charge is 2.19. The number of methoxy groups -OCH3 is 1. The summed E-state index contributed by atoms with van der Waals surface area (Å²) in [6, 6.07) is 4.07. The van der Waals surface area contributed by atoms with E-state index < -0.39 is 18.9 Å². The van der Waals surface area contributed by atoms with Crippen LogP contribution in [-0.4, -0.2) is 41.1 Å². The average molecular weight is 364 g/mol. The van der Waals surface area contributed by atoms with E-state index in [1.54, 1.807) is 6.26 Å². The van der Waals surface area contributed by atoms with E-state index in [2.05, 4.69) is 20.0 Å². The SMILES string of the molecule is COc1cc(/C=N/n2c(SC)nnc2C(F)F)ccc1OC(F)F. The molecule has 0 spiro atoms. The smallest absolute Gasteiger partial charge is 0.387 e. The fraction of sp³-hybridized carbons (Fsp3) is 0.308. The van der Waals surface area contributed by atoms with Crippen LogP contribution in [-0.2, 0) is 0 Å². The van der Waals surface area contributed by atoms with Crippen molar-refractivity contribution in [2.24, 2.45) is 5.10 Å². The number of nitrogens with zero attached hydrogens (tertiary/aromatic N) is 4. The molecule has 0 bridgehead atoms. The maximum atomic E-state index is 12.9. The van der Waals surface area contributed by atoms with Crippen molar-refractivity contribution >= 4 is 18.0 Å². The highest BCUT2D eigenvalue weighted by molar-refractivity contribution is 7.98. The number of halogens is 4. The Morgan fingerprint density at radius 1 is 1.21 bits per heavy atom. The molecular weight excluding hydrogens is 352 g/mol. The summed E-state index contributed by atoms with van der Waals surface area (Å²) >= 11 is 1.10. The minimum absolute atomic E-state index is 0.0576. The molecule has 24 heavy (non-hydrogen) atoms. The van der Waals surface area contributed by atoms with Gasteiger partial charge in [-0.1, -0.05) is 11.8 Å². The maximum absolute atomic E-state index is 12.9. The molecule has 6 nitrogen and oxygen atoms in total. The molecule has 0 fully saturated rings. The molecule has 130 valence electrons. The monoisotopic (exact) mass is 364 g/mol. The maximum Gasteiger partial charge on any atom is 0.387 e. The van der Waals surface area contributed by atoms with Crippen LogP contribution in [0.3, 0.4) is 0 Å². The van der Waals surface area contributed by atoms with Crippen LogP contribution in [0.5, 0.6) is 11.5 Å². The summed E-state index contributed by atoms with van der Waals surface area (Å²) in [6.07, 6.45) is 0.0564. The topological polar surface area (TPSA) is 61.5 Å². The third kappa shape index (κ3) is 4.16. The zero-order valence-corrected chi connectivity index (χ0v) is 13.3. The summed E-state index contributed by atoms with van der Waals surface area (Å²) in [5, 5.41) is 11.1. The average Bonchev–Trinajstić information content (AvgIpc) is 2.96. The Balaban J connectivity index is 2.31. The molecular formula is C13H12F4N4O2S. The second-order valence-electron chi connectivity index (χ2n) is 4.19. The molecule has 0 saturated heterocycles. The van der Waals surface area contributed by atoms with Crippen LogP contribution in [0.2, 0.25) is 0 Å². The Kier molecular flexibility index (Phi) is 6.01. The number of ether oxygens (including phenoxy) is 2. The first-order chi connectivity index (χ1) is 11.5. The first kappa shape index (κ1) is 18.0. The third-order valence-electron chi connectivity index (χ3n) is 2.74. The van der Waals surface area contributed by atoms with Crippen LogP contribution in [0, 0.1) is 0 Å². The summed E-state index contributed by atoms with van der Waals surface area (Å²) < 4.78 is 60.5. The number of benzene rings is 1. The lowest BCUT2D eigenvalue weighted by molar-refractivity contribution is -0.0512. The number of alkyl halides is 4. The summed E-state index contributed by atoms with van der Waals surface area (Å²) in [4.78, 5) is 0. The first-order valence-electron chi connectivity index (χ1n) is 6.41. The molecule has 0 N–H and O–H groups in total. The van der Waals surface area contributed by atoms with E-state index in [1.807, 2.05) is 0 Å². The predicted molar refractivity (Wildman–Crippen MR) is 79.4 cm³/mol. The predicted octanol–water partition coefficient (Wildman–Crippen LogP) is 3.43. The van der Waals surface area contributed by atoms with Crippen molar-refractivity contribution in [2.75, 3.05) is 13.4 Å².